The molecule has 1 amide bonds. The van der Waals surface area contributed by atoms with Crippen LogP contribution in [0, 0.1) is 0 Å². The Hall–Kier alpha value is -2.90. The first-order valence-electron chi connectivity index (χ1n) is 8.25. The van der Waals surface area contributed by atoms with E-state index in [2.05, 4.69) is 15.4 Å². The van der Waals surface area contributed by atoms with Crippen LogP contribution in [0.4, 0.5) is 5.69 Å². The SMILES string of the molecule is COc1ccc(NC(=O)C(C)n2ncc(-c3ccc(Cl)cc3)nc2=O)cc1Cl. The number of ether oxygens (including phenoxy) is 1. The van der Waals surface area contributed by atoms with Crippen LogP contribution < -0.4 is 15.7 Å². The quantitative estimate of drug-likeness (QED) is 0.680. The number of hydrogen-bond acceptors (Lipinski definition) is 5. The van der Waals surface area contributed by atoms with Gasteiger partial charge < -0.3 is 10.1 Å². The van der Waals surface area contributed by atoms with E-state index < -0.39 is 17.6 Å². The Bertz CT molecular complexity index is 1070. The molecule has 1 aromatic heterocycles. The normalized spacial score (nSPS) is 11.7. The third-order valence-corrected chi connectivity index (χ3v) is 4.57. The van der Waals surface area contributed by atoms with Crippen LogP contribution in [0.5, 0.6) is 5.75 Å². The number of methoxy groups -OCH3 is 1. The zero-order valence-corrected chi connectivity index (χ0v) is 16.5. The third kappa shape index (κ3) is 4.32. The van der Waals surface area contributed by atoms with E-state index in [1.165, 1.54) is 13.3 Å². The van der Waals surface area contributed by atoms with Crippen LogP contribution in [0.2, 0.25) is 10.0 Å². The Kier molecular flexibility index (Phi) is 5.96. The van der Waals surface area contributed by atoms with Crippen LogP contribution >= 0.6 is 23.2 Å². The van der Waals surface area contributed by atoms with E-state index in [-0.39, 0.29) is 0 Å². The van der Waals surface area contributed by atoms with Gasteiger partial charge in [0.1, 0.15) is 11.8 Å². The largest absolute Gasteiger partial charge is 0.495 e. The van der Waals surface area contributed by atoms with Gasteiger partial charge in [-0.1, -0.05) is 35.3 Å². The summed E-state index contributed by atoms with van der Waals surface area (Å²) in [6, 6.07) is 10.8. The van der Waals surface area contributed by atoms with E-state index in [0.717, 1.165) is 4.68 Å². The van der Waals surface area contributed by atoms with E-state index in [1.807, 2.05) is 0 Å². The Labute approximate surface area is 170 Å². The molecule has 0 saturated carbocycles. The third-order valence-electron chi connectivity index (χ3n) is 4.02. The maximum atomic E-state index is 12.5. The molecular weight excluding hydrogens is 403 g/mol. The van der Waals surface area contributed by atoms with Crippen molar-refractivity contribution in [2.75, 3.05) is 12.4 Å². The van der Waals surface area contributed by atoms with Crippen LogP contribution in [0.3, 0.4) is 0 Å². The van der Waals surface area contributed by atoms with Gasteiger partial charge in [0.2, 0.25) is 5.91 Å². The van der Waals surface area contributed by atoms with Crippen molar-refractivity contribution in [1.29, 1.82) is 0 Å². The van der Waals surface area contributed by atoms with Gasteiger partial charge in [0.15, 0.2) is 0 Å². The first-order chi connectivity index (χ1) is 13.4. The highest BCUT2D eigenvalue weighted by molar-refractivity contribution is 6.32. The van der Waals surface area contributed by atoms with Crippen molar-refractivity contribution in [2.45, 2.75) is 13.0 Å². The number of carbonyl (C=O) groups is 1. The number of carbonyl (C=O) groups excluding carboxylic acids is 1. The molecule has 0 fully saturated rings. The predicted octanol–water partition coefficient (Wildman–Crippen LogP) is 3.82. The Balaban J connectivity index is 1.79. The monoisotopic (exact) mass is 418 g/mol. The van der Waals surface area contributed by atoms with Crippen molar-refractivity contribution in [3.8, 4) is 17.0 Å². The number of amides is 1. The Morgan fingerprint density at radius 2 is 1.89 bits per heavy atom. The number of aromatic nitrogens is 3. The highest BCUT2D eigenvalue weighted by Crippen LogP contribution is 2.27. The van der Waals surface area contributed by atoms with Gasteiger partial charge in [0.05, 0.1) is 24.0 Å². The lowest BCUT2D eigenvalue weighted by atomic mass is 10.2. The molecule has 0 aliphatic rings. The molecule has 1 unspecified atom stereocenters. The molecule has 0 saturated heterocycles. The molecule has 1 atom stereocenters. The van der Waals surface area contributed by atoms with E-state index in [4.69, 9.17) is 27.9 Å². The fraction of sp³-hybridized carbons (Fsp3) is 0.158. The summed E-state index contributed by atoms with van der Waals surface area (Å²) in [7, 11) is 1.50. The average molecular weight is 419 g/mol. The fourth-order valence-electron chi connectivity index (χ4n) is 2.48. The molecule has 7 nitrogen and oxygen atoms in total. The minimum atomic E-state index is -0.875. The standard InChI is InChI=1S/C19H16Cl2N4O3/c1-11(18(26)23-14-7-8-17(28-2)15(21)9-14)25-19(27)24-16(10-22-25)12-3-5-13(20)6-4-12/h3-11H,1-2H3,(H,23,26). The topological polar surface area (TPSA) is 86.1 Å². The predicted molar refractivity (Wildman–Crippen MR) is 108 cm³/mol. The highest BCUT2D eigenvalue weighted by Gasteiger charge is 2.19. The molecular formula is C19H16Cl2N4O3. The van der Waals surface area contributed by atoms with Gasteiger partial charge in [0, 0.05) is 16.3 Å². The van der Waals surface area contributed by atoms with Crippen LogP contribution in [0.1, 0.15) is 13.0 Å². The number of benzene rings is 2. The molecule has 0 aliphatic heterocycles. The molecule has 0 bridgehead atoms. The summed E-state index contributed by atoms with van der Waals surface area (Å²) < 4.78 is 6.09. The van der Waals surface area contributed by atoms with E-state index in [9.17, 15) is 9.59 Å². The zero-order chi connectivity index (χ0) is 20.3. The molecule has 0 aliphatic carbocycles. The minimum Gasteiger partial charge on any atom is -0.495 e. The van der Waals surface area contributed by atoms with Crippen LogP contribution in [0.15, 0.2) is 53.5 Å². The summed E-state index contributed by atoms with van der Waals surface area (Å²) in [5.74, 6) is 0.0597. The molecule has 28 heavy (non-hydrogen) atoms. The first kappa shape index (κ1) is 19.9. The molecule has 144 valence electrons. The van der Waals surface area contributed by atoms with Crippen molar-refractivity contribution in [3.05, 3.63) is 69.2 Å². The van der Waals surface area contributed by atoms with Crippen molar-refractivity contribution in [2.24, 2.45) is 0 Å². The lowest BCUT2D eigenvalue weighted by Gasteiger charge is -2.14. The van der Waals surface area contributed by atoms with Gasteiger partial charge in [-0.05, 0) is 37.3 Å². The maximum Gasteiger partial charge on any atom is 0.365 e. The van der Waals surface area contributed by atoms with Gasteiger partial charge in [-0.2, -0.15) is 10.1 Å². The number of nitrogens with one attached hydrogen (secondary N) is 1. The Morgan fingerprint density at radius 3 is 2.50 bits per heavy atom. The number of halogens is 2. The Morgan fingerprint density at radius 1 is 1.18 bits per heavy atom. The number of hydrogen-bond donors (Lipinski definition) is 1. The van der Waals surface area contributed by atoms with Crippen molar-refractivity contribution >= 4 is 34.8 Å². The summed E-state index contributed by atoms with van der Waals surface area (Å²) in [6.45, 7) is 1.55. The molecule has 0 spiro atoms. The van der Waals surface area contributed by atoms with E-state index in [1.54, 1.807) is 49.4 Å². The van der Waals surface area contributed by atoms with Gasteiger partial charge in [-0.15, -0.1) is 0 Å². The summed E-state index contributed by atoms with van der Waals surface area (Å²) in [6.07, 6.45) is 1.43. The lowest BCUT2D eigenvalue weighted by molar-refractivity contribution is -0.119. The summed E-state index contributed by atoms with van der Waals surface area (Å²) >= 11 is 11.9. The molecule has 3 aromatic rings. The van der Waals surface area contributed by atoms with Crippen LogP contribution in [-0.2, 0) is 4.79 Å². The number of anilines is 1. The smallest absolute Gasteiger partial charge is 0.365 e. The molecule has 3 rings (SSSR count). The molecule has 9 heteroatoms. The zero-order valence-electron chi connectivity index (χ0n) is 15.0. The number of nitrogens with zero attached hydrogens (tertiary/aromatic N) is 3. The van der Waals surface area contributed by atoms with Gasteiger partial charge in [-0.3, -0.25) is 4.79 Å². The van der Waals surface area contributed by atoms with Gasteiger partial charge >= 0.3 is 5.69 Å². The first-order valence-corrected chi connectivity index (χ1v) is 9.01. The molecule has 1 heterocycles. The summed E-state index contributed by atoms with van der Waals surface area (Å²) in [4.78, 5) is 28.9. The van der Waals surface area contributed by atoms with Crippen molar-refractivity contribution in [1.82, 2.24) is 14.8 Å². The molecule has 2 aromatic carbocycles. The molecule has 0 radical (unpaired) electrons. The molecule has 1 N–H and O–H groups in total. The second-order valence-corrected chi connectivity index (χ2v) is 6.73. The van der Waals surface area contributed by atoms with E-state index >= 15 is 0 Å². The maximum absolute atomic E-state index is 12.5. The second kappa shape index (κ2) is 8.41. The lowest BCUT2D eigenvalue weighted by Crippen LogP contribution is -2.34. The highest BCUT2D eigenvalue weighted by atomic mass is 35.5. The van der Waals surface area contributed by atoms with Crippen LogP contribution in [0.25, 0.3) is 11.3 Å². The second-order valence-electron chi connectivity index (χ2n) is 5.89. The minimum absolute atomic E-state index is 0.359. The summed E-state index contributed by atoms with van der Waals surface area (Å²) in [5.41, 5.74) is 0.933. The average Bonchev–Trinajstić information content (AvgIpc) is 2.68. The van der Waals surface area contributed by atoms with Crippen molar-refractivity contribution < 1.29 is 9.53 Å². The number of rotatable bonds is 5. The van der Waals surface area contributed by atoms with Gasteiger partial charge in [0.25, 0.3) is 0 Å². The van der Waals surface area contributed by atoms with Gasteiger partial charge in [-0.25, -0.2) is 9.48 Å². The van der Waals surface area contributed by atoms with Crippen LogP contribution in [-0.4, -0.2) is 27.8 Å². The fourth-order valence-corrected chi connectivity index (χ4v) is 2.86. The van der Waals surface area contributed by atoms with E-state index in [0.29, 0.717) is 32.7 Å². The summed E-state index contributed by atoms with van der Waals surface area (Å²) in [5, 5.41) is 7.71. The van der Waals surface area contributed by atoms with Crippen molar-refractivity contribution in [3.63, 3.8) is 0 Å².